The van der Waals surface area contributed by atoms with Crippen LogP contribution in [0.25, 0.3) is 0 Å². The molecule has 6 nitrogen and oxygen atoms in total. The molecule has 0 atom stereocenters. The first-order valence-electron chi connectivity index (χ1n) is 4.95. The Morgan fingerprint density at radius 1 is 1.47 bits per heavy atom. The van der Waals surface area contributed by atoms with Gasteiger partial charge in [-0.3, -0.25) is 5.32 Å². The smallest absolute Gasteiger partial charge is 0.413 e. The molecule has 4 N–H and O–H groups in total. The highest BCUT2D eigenvalue weighted by Crippen LogP contribution is 2.21. The summed E-state index contributed by atoms with van der Waals surface area (Å²) < 4.78 is 5.07. The summed E-state index contributed by atoms with van der Waals surface area (Å²) >= 11 is 5.87. The van der Waals surface area contributed by atoms with Crippen LogP contribution in [0.1, 0.15) is 20.8 Å². The van der Waals surface area contributed by atoms with E-state index in [4.69, 9.17) is 22.2 Å². The average Bonchev–Trinajstić information content (AvgIpc) is 2.18. The molecule has 1 rings (SSSR count). The van der Waals surface area contributed by atoms with Crippen LogP contribution >= 0.6 is 11.6 Å². The molecule has 1 aromatic rings. The molecular weight excluding hydrogens is 244 g/mol. The molecule has 0 aliphatic rings. The van der Waals surface area contributed by atoms with E-state index in [1.807, 2.05) is 0 Å². The second-order valence-electron chi connectivity index (χ2n) is 4.30. The molecule has 0 fully saturated rings. The van der Waals surface area contributed by atoms with Crippen LogP contribution < -0.4 is 16.6 Å². The Balaban J connectivity index is 2.77. The zero-order valence-corrected chi connectivity index (χ0v) is 10.6. The van der Waals surface area contributed by atoms with Crippen molar-refractivity contribution in [2.45, 2.75) is 26.4 Å². The first kappa shape index (κ1) is 13.5. The van der Waals surface area contributed by atoms with Crippen LogP contribution in [-0.2, 0) is 4.74 Å². The number of amides is 1. The van der Waals surface area contributed by atoms with Gasteiger partial charge in [0.1, 0.15) is 11.4 Å². The van der Waals surface area contributed by atoms with Crippen molar-refractivity contribution in [3.05, 3.63) is 17.2 Å². The van der Waals surface area contributed by atoms with E-state index in [9.17, 15) is 4.79 Å². The Hall–Kier alpha value is -1.53. The summed E-state index contributed by atoms with van der Waals surface area (Å²) in [5, 5.41) is 2.74. The van der Waals surface area contributed by atoms with Gasteiger partial charge in [0.05, 0.1) is 5.02 Å². The third-order valence-corrected chi connectivity index (χ3v) is 1.92. The van der Waals surface area contributed by atoms with Gasteiger partial charge >= 0.3 is 6.09 Å². The fourth-order valence-electron chi connectivity index (χ4n) is 1.01. The van der Waals surface area contributed by atoms with E-state index in [1.54, 1.807) is 32.9 Å². The van der Waals surface area contributed by atoms with E-state index in [1.165, 1.54) is 0 Å². The van der Waals surface area contributed by atoms with Gasteiger partial charge in [0.2, 0.25) is 0 Å². The first-order valence-corrected chi connectivity index (χ1v) is 5.33. The van der Waals surface area contributed by atoms with E-state index >= 15 is 0 Å². The lowest BCUT2D eigenvalue weighted by Crippen LogP contribution is -2.27. The maximum absolute atomic E-state index is 11.5. The van der Waals surface area contributed by atoms with Gasteiger partial charge in [-0.05, 0) is 32.9 Å². The summed E-state index contributed by atoms with van der Waals surface area (Å²) in [5.74, 6) is 5.78. The number of carbonyl (C=O) groups is 1. The number of rotatable bonds is 2. The van der Waals surface area contributed by atoms with Gasteiger partial charge < -0.3 is 10.2 Å². The number of hydrazine groups is 1. The lowest BCUT2D eigenvalue weighted by Gasteiger charge is -2.19. The number of aromatic nitrogens is 1. The number of nitrogens with two attached hydrogens (primary N) is 1. The fourth-order valence-corrected chi connectivity index (χ4v) is 1.16. The summed E-state index contributed by atoms with van der Waals surface area (Å²) in [6.45, 7) is 5.29. The van der Waals surface area contributed by atoms with Gasteiger partial charge in [-0.15, -0.1) is 0 Å². The van der Waals surface area contributed by atoms with Gasteiger partial charge in [0.15, 0.2) is 5.82 Å². The quantitative estimate of drug-likeness (QED) is 0.560. The average molecular weight is 259 g/mol. The zero-order chi connectivity index (χ0) is 13.1. The van der Waals surface area contributed by atoms with E-state index in [0.717, 1.165) is 0 Å². The van der Waals surface area contributed by atoms with E-state index < -0.39 is 11.7 Å². The Labute approximate surface area is 104 Å². The minimum atomic E-state index is -0.624. The number of hydrogen-bond donors (Lipinski definition) is 3. The SMILES string of the molecule is CC(C)(C)OC(=O)Nc1nc(NN)ccc1Cl. The fraction of sp³-hybridized carbons (Fsp3) is 0.400. The highest BCUT2D eigenvalue weighted by molar-refractivity contribution is 6.33. The topological polar surface area (TPSA) is 89.3 Å². The van der Waals surface area contributed by atoms with Crippen LogP contribution in [0.3, 0.4) is 0 Å². The van der Waals surface area contributed by atoms with Crippen LogP contribution in [0.4, 0.5) is 16.4 Å². The number of pyridine rings is 1. The van der Waals surface area contributed by atoms with Crippen molar-refractivity contribution < 1.29 is 9.53 Å². The highest BCUT2D eigenvalue weighted by Gasteiger charge is 2.17. The van der Waals surface area contributed by atoms with Crippen molar-refractivity contribution in [3.8, 4) is 0 Å². The summed E-state index contributed by atoms with van der Waals surface area (Å²) in [5.41, 5.74) is 1.77. The van der Waals surface area contributed by atoms with Crippen LogP contribution in [0.15, 0.2) is 12.1 Å². The van der Waals surface area contributed by atoms with Crippen molar-refractivity contribution in [3.63, 3.8) is 0 Å². The number of nitrogen functional groups attached to an aromatic ring is 1. The molecular formula is C10H15ClN4O2. The highest BCUT2D eigenvalue weighted by atomic mass is 35.5. The Morgan fingerprint density at radius 3 is 2.65 bits per heavy atom. The lowest BCUT2D eigenvalue weighted by molar-refractivity contribution is 0.0635. The summed E-state index contributed by atoms with van der Waals surface area (Å²) in [6.07, 6.45) is -0.624. The lowest BCUT2D eigenvalue weighted by atomic mass is 10.2. The van der Waals surface area contributed by atoms with Gasteiger partial charge in [0, 0.05) is 0 Å². The molecule has 0 radical (unpaired) electrons. The van der Waals surface area contributed by atoms with Gasteiger partial charge in [-0.1, -0.05) is 11.6 Å². The Kier molecular flexibility index (Phi) is 4.14. The molecule has 17 heavy (non-hydrogen) atoms. The molecule has 0 saturated heterocycles. The Morgan fingerprint density at radius 2 is 2.12 bits per heavy atom. The molecule has 0 unspecified atom stereocenters. The first-order chi connectivity index (χ1) is 7.81. The number of carbonyl (C=O) groups excluding carboxylic acids is 1. The molecule has 0 aliphatic heterocycles. The van der Waals surface area contributed by atoms with Crippen molar-refractivity contribution in [2.75, 3.05) is 10.7 Å². The molecule has 1 amide bonds. The van der Waals surface area contributed by atoms with Gasteiger partial charge in [0.25, 0.3) is 0 Å². The number of ether oxygens (including phenoxy) is 1. The van der Waals surface area contributed by atoms with E-state index in [-0.39, 0.29) is 5.82 Å². The number of nitrogens with zero attached hydrogens (tertiary/aromatic N) is 1. The maximum atomic E-state index is 11.5. The monoisotopic (exact) mass is 258 g/mol. The van der Waals surface area contributed by atoms with Crippen molar-refractivity contribution >= 4 is 29.3 Å². The summed E-state index contributed by atoms with van der Waals surface area (Å²) in [6, 6.07) is 3.15. The van der Waals surface area contributed by atoms with Crippen LogP contribution in [0, 0.1) is 0 Å². The largest absolute Gasteiger partial charge is 0.444 e. The molecule has 7 heteroatoms. The molecule has 0 saturated carbocycles. The number of anilines is 2. The number of halogens is 1. The summed E-state index contributed by atoms with van der Waals surface area (Å²) in [7, 11) is 0. The number of hydrogen-bond acceptors (Lipinski definition) is 5. The predicted molar refractivity (Wildman–Crippen MR) is 66.9 cm³/mol. The van der Waals surface area contributed by atoms with Gasteiger partial charge in [-0.25, -0.2) is 15.6 Å². The normalized spacial score (nSPS) is 10.9. The molecule has 0 aliphatic carbocycles. The minimum Gasteiger partial charge on any atom is -0.444 e. The molecule has 94 valence electrons. The van der Waals surface area contributed by atoms with Crippen LogP contribution in [0.2, 0.25) is 5.02 Å². The molecule has 0 aromatic carbocycles. The second kappa shape index (κ2) is 5.20. The Bertz CT molecular complexity index is 417. The van der Waals surface area contributed by atoms with Crippen molar-refractivity contribution in [1.82, 2.24) is 4.98 Å². The van der Waals surface area contributed by atoms with Gasteiger partial charge in [-0.2, -0.15) is 0 Å². The summed E-state index contributed by atoms with van der Waals surface area (Å²) in [4.78, 5) is 15.5. The molecule has 1 aromatic heterocycles. The predicted octanol–water partition coefficient (Wildman–Crippen LogP) is 2.37. The van der Waals surface area contributed by atoms with E-state index in [2.05, 4.69) is 15.7 Å². The van der Waals surface area contributed by atoms with Crippen LogP contribution in [0.5, 0.6) is 0 Å². The molecule has 0 spiro atoms. The standard InChI is InChI=1S/C10H15ClN4O2/c1-10(2,3)17-9(16)14-8-6(11)4-5-7(13-8)15-12/h4-5H,12H2,1-3H3,(H2,13,14,15,16). The van der Waals surface area contributed by atoms with E-state index in [0.29, 0.717) is 10.8 Å². The van der Waals surface area contributed by atoms with Crippen molar-refractivity contribution in [1.29, 1.82) is 0 Å². The second-order valence-corrected chi connectivity index (χ2v) is 4.71. The van der Waals surface area contributed by atoms with Crippen molar-refractivity contribution in [2.24, 2.45) is 5.84 Å². The molecule has 0 bridgehead atoms. The minimum absolute atomic E-state index is 0.191. The zero-order valence-electron chi connectivity index (χ0n) is 9.87. The third-order valence-electron chi connectivity index (χ3n) is 1.61. The molecule has 1 heterocycles. The third kappa shape index (κ3) is 4.46. The number of nitrogens with one attached hydrogen (secondary N) is 2. The van der Waals surface area contributed by atoms with Crippen LogP contribution in [-0.4, -0.2) is 16.7 Å². The maximum Gasteiger partial charge on any atom is 0.413 e.